The summed E-state index contributed by atoms with van der Waals surface area (Å²) in [4.78, 5) is 10.2. The molecular weight excluding hydrogens is 484 g/mol. The third-order valence-electron chi connectivity index (χ3n) is 4.08. The lowest BCUT2D eigenvalue weighted by Crippen LogP contribution is -2.06. The van der Waals surface area contributed by atoms with Crippen molar-refractivity contribution in [2.75, 3.05) is 12.4 Å². The molecule has 0 aliphatic rings. The van der Waals surface area contributed by atoms with Crippen molar-refractivity contribution in [2.45, 2.75) is 18.0 Å². The minimum absolute atomic E-state index is 0.182. The van der Waals surface area contributed by atoms with Crippen LogP contribution in [0.3, 0.4) is 0 Å². The highest BCUT2D eigenvalue weighted by Gasteiger charge is 2.31. The van der Waals surface area contributed by atoms with Crippen LogP contribution in [0.15, 0.2) is 70.8 Å². The number of hydrogen-bond acceptors (Lipinski definition) is 5. The van der Waals surface area contributed by atoms with Crippen LogP contribution >= 0.6 is 35.0 Å². The number of ether oxygens (including phenoxy) is 1. The van der Waals surface area contributed by atoms with E-state index in [0.29, 0.717) is 24.1 Å². The summed E-state index contributed by atoms with van der Waals surface area (Å²) in [6.45, 7) is 2.20. The van der Waals surface area contributed by atoms with Gasteiger partial charge in [0.25, 0.3) is 0 Å². The van der Waals surface area contributed by atoms with Crippen molar-refractivity contribution in [1.29, 1.82) is 0 Å². The zero-order chi connectivity index (χ0) is 23.1. The third kappa shape index (κ3) is 6.79. The number of rotatable bonds is 8. The number of hydrogen-bond donors (Lipinski definition) is 0. The van der Waals surface area contributed by atoms with Crippen LogP contribution < -0.4 is 4.74 Å². The van der Waals surface area contributed by atoms with E-state index in [1.54, 1.807) is 36.9 Å². The van der Waals surface area contributed by atoms with E-state index in [1.807, 2.05) is 30.3 Å². The summed E-state index contributed by atoms with van der Waals surface area (Å²) in [6, 6.07) is 15.6. The van der Waals surface area contributed by atoms with Gasteiger partial charge in [-0.15, -0.1) is 11.8 Å². The number of pyridine rings is 1. The Bertz CT molecular complexity index is 1100. The standard InChI is InChI=1S/C22H17Cl2F3N2O2S/c1-14(29-30-9-10-32-17-5-3-2-4-6-17)15-7-8-20(18(23)11-15)31-21-19(24)12-16(13-28-21)22(25,26)27/h2-8,11-13H,9-10H2,1H3. The first-order chi connectivity index (χ1) is 15.2. The first-order valence-corrected chi connectivity index (χ1v) is 11.0. The van der Waals surface area contributed by atoms with Crippen molar-refractivity contribution in [2.24, 2.45) is 5.16 Å². The highest BCUT2D eigenvalue weighted by Crippen LogP contribution is 2.36. The van der Waals surface area contributed by atoms with Gasteiger partial charge in [-0.25, -0.2) is 4.98 Å². The molecule has 0 aliphatic carbocycles. The van der Waals surface area contributed by atoms with Crippen molar-refractivity contribution >= 4 is 40.7 Å². The lowest BCUT2D eigenvalue weighted by Gasteiger charge is -2.11. The Balaban J connectivity index is 1.59. The van der Waals surface area contributed by atoms with Crippen molar-refractivity contribution < 1.29 is 22.7 Å². The van der Waals surface area contributed by atoms with E-state index in [-0.39, 0.29) is 21.7 Å². The second-order valence-corrected chi connectivity index (χ2v) is 8.41. The average Bonchev–Trinajstić information content (AvgIpc) is 2.76. The maximum atomic E-state index is 12.7. The minimum Gasteiger partial charge on any atom is -0.436 e. The number of nitrogens with zero attached hydrogens (tertiary/aromatic N) is 2. The molecule has 32 heavy (non-hydrogen) atoms. The van der Waals surface area contributed by atoms with Gasteiger partial charge < -0.3 is 9.57 Å². The molecule has 0 saturated heterocycles. The van der Waals surface area contributed by atoms with Crippen LogP contribution in [0.25, 0.3) is 0 Å². The normalized spacial score (nSPS) is 12.0. The van der Waals surface area contributed by atoms with E-state index < -0.39 is 11.7 Å². The van der Waals surface area contributed by atoms with Crippen LogP contribution in [0.1, 0.15) is 18.1 Å². The molecule has 0 radical (unpaired) electrons. The van der Waals surface area contributed by atoms with Crippen molar-refractivity contribution in [3.8, 4) is 11.6 Å². The van der Waals surface area contributed by atoms with Gasteiger partial charge in [0.2, 0.25) is 5.88 Å². The predicted molar refractivity (Wildman–Crippen MR) is 121 cm³/mol. The highest BCUT2D eigenvalue weighted by atomic mass is 35.5. The Kier molecular flexibility index (Phi) is 8.28. The fraction of sp³-hybridized carbons (Fsp3) is 0.182. The topological polar surface area (TPSA) is 43.7 Å². The molecular formula is C22H17Cl2F3N2O2S. The Labute approximate surface area is 197 Å². The van der Waals surface area contributed by atoms with E-state index in [0.717, 1.165) is 16.7 Å². The number of thioether (sulfide) groups is 1. The molecule has 0 bridgehead atoms. The van der Waals surface area contributed by atoms with E-state index in [2.05, 4.69) is 10.1 Å². The van der Waals surface area contributed by atoms with Crippen LogP contribution in [0.2, 0.25) is 10.0 Å². The zero-order valence-corrected chi connectivity index (χ0v) is 19.0. The fourth-order valence-electron chi connectivity index (χ4n) is 2.48. The van der Waals surface area contributed by atoms with Gasteiger partial charge in [-0.1, -0.05) is 46.6 Å². The lowest BCUT2D eigenvalue weighted by molar-refractivity contribution is -0.137. The maximum Gasteiger partial charge on any atom is 0.417 e. The summed E-state index contributed by atoms with van der Waals surface area (Å²) in [5.41, 5.74) is 0.337. The van der Waals surface area contributed by atoms with E-state index in [4.69, 9.17) is 32.8 Å². The maximum absolute atomic E-state index is 12.7. The smallest absolute Gasteiger partial charge is 0.417 e. The van der Waals surface area contributed by atoms with E-state index >= 15 is 0 Å². The second-order valence-electron chi connectivity index (χ2n) is 6.43. The Hall–Kier alpha value is -2.42. The summed E-state index contributed by atoms with van der Waals surface area (Å²) < 4.78 is 43.7. The largest absolute Gasteiger partial charge is 0.436 e. The molecule has 0 amide bonds. The minimum atomic E-state index is -4.55. The van der Waals surface area contributed by atoms with Crippen LogP contribution in [0.4, 0.5) is 13.2 Å². The second kappa shape index (κ2) is 10.9. The monoisotopic (exact) mass is 500 g/mol. The van der Waals surface area contributed by atoms with Crippen LogP contribution in [-0.4, -0.2) is 23.1 Å². The molecule has 168 valence electrons. The van der Waals surface area contributed by atoms with Gasteiger partial charge in [0, 0.05) is 22.4 Å². The quantitative estimate of drug-likeness (QED) is 0.137. The molecule has 2 aromatic carbocycles. The summed E-state index contributed by atoms with van der Waals surface area (Å²) in [5.74, 6) is 0.756. The van der Waals surface area contributed by atoms with Crippen molar-refractivity contribution in [3.63, 3.8) is 0 Å². The zero-order valence-electron chi connectivity index (χ0n) is 16.7. The van der Waals surface area contributed by atoms with Gasteiger partial charge in [0.05, 0.1) is 16.3 Å². The molecule has 3 aromatic rings. The Morgan fingerprint density at radius 2 is 1.81 bits per heavy atom. The van der Waals surface area contributed by atoms with Gasteiger partial charge in [-0.2, -0.15) is 13.2 Å². The molecule has 0 atom stereocenters. The molecule has 1 heterocycles. The predicted octanol–water partition coefficient (Wildman–Crippen LogP) is 7.73. The SMILES string of the molecule is CC(=NOCCSc1ccccc1)c1ccc(Oc2ncc(C(F)(F)F)cc2Cl)c(Cl)c1. The molecule has 10 heteroatoms. The van der Waals surface area contributed by atoms with Crippen LogP contribution in [0.5, 0.6) is 11.6 Å². The van der Waals surface area contributed by atoms with Gasteiger partial charge in [0.1, 0.15) is 17.4 Å². The Morgan fingerprint density at radius 3 is 2.47 bits per heavy atom. The number of alkyl halides is 3. The number of halogens is 5. The molecule has 0 unspecified atom stereocenters. The summed E-state index contributed by atoms with van der Waals surface area (Å²) in [6.07, 6.45) is -3.90. The van der Waals surface area contributed by atoms with Gasteiger partial charge in [0.15, 0.2) is 0 Å². The molecule has 0 aliphatic heterocycles. The van der Waals surface area contributed by atoms with Gasteiger partial charge in [-0.3, -0.25) is 0 Å². The highest BCUT2D eigenvalue weighted by molar-refractivity contribution is 7.99. The molecule has 0 fully saturated rings. The summed E-state index contributed by atoms with van der Waals surface area (Å²) in [5, 5.41) is 4.03. The van der Waals surface area contributed by atoms with Gasteiger partial charge in [-0.05, 0) is 43.3 Å². The summed E-state index contributed by atoms with van der Waals surface area (Å²) >= 11 is 13.8. The molecule has 3 rings (SSSR count). The first-order valence-electron chi connectivity index (χ1n) is 9.29. The molecule has 0 N–H and O–H groups in total. The molecule has 4 nitrogen and oxygen atoms in total. The number of aromatic nitrogens is 1. The van der Waals surface area contributed by atoms with Gasteiger partial charge >= 0.3 is 6.18 Å². The molecule has 0 saturated carbocycles. The van der Waals surface area contributed by atoms with E-state index in [1.165, 1.54) is 0 Å². The number of benzene rings is 2. The van der Waals surface area contributed by atoms with Crippen molar-refractivity contribution in [3.05, 3.63) is 82.0 Å². The average molecular weight is 501 g/mol. The summed E-state index contributed by atoms with van der Waals surface area (Å²) in [7, 11) is 0. The van der Waals surface area contributed by atoms with Crippen LogP contribution in [0, 0.1) is 0 Å². The number of oxime groups is 1. The first kappa shape index (κ1) is 24.2. The third-order valence-corrected chi connectivity index (χ3v) is 5.62. The van der Waals surface area contributed by atoms with E-state index in [9.17, 15) is 13.2 Å². The Morgan fingerprint density at radius 1 is 1.06 bits per heavy atom. The fourth-order valence-corrected chi connectivity index (χ4v) is 3.64. The lowest BCUT2D eigenvalue weighted by atomic mass is 10.1. The van der Waals surface area contributed by atoms with Crippen molar-refractivity contribution in [1.82, 2.24) is 4.98 Å². The molecule has 1 aromatic heterocycles. The van der Waals surface area contributed by atoms with Crippen LogP contribution in [-0.2, 0) is 11.0 Å². The molecule has 0 spiro atoms.